The number of nitrogens with zero attached hydrogens (tertiary/aromatic N) is 1. The number of methoxy groups -OCH3 is 1. The zero-order chi connectivity index (χ0) is 24.5. The van der Waals surface area contributed by atoms with E-state index in [4.69, 9.17) is 9.47 Å². The second-order valence-electron chi connectivity index (χ2n) is 8.95. The smallest absolute Gasteiger partial charge is 0.255 e. The highest BCUT2D eigenvalue weighted by molar-refractivity contribution is 6.04. The van der Waals surface area contributed by atoms with Crippen LogP contribution < -0.4 is 14.8 Å². The average Bonchev–Trinajstić information content (AvgIpc) is 2.83. The van der Waals surface area contributed by atoms with Crippen molar-refractivity contribution in [3.8, 4) is 11.5 Å². The molecule has 0 saturated carbocycles. The highest BCUT2D eigenvalue weighted by Gasteiger charge is 2.14. The Morgan fingerprint density at radius 1 is 0.853 bits per heavy atom. The van der Waals surface area contributed by atoms with E-state index in [9.17, 15) is 4.79 Å². The highest BCUT2D eigenvalue weighted by atomic mass is 16.5. The van der Waals surface area contributed by atoms with Crippen LogP contribution in [-0.2, 0) is 6.42 Å². The molecule has 3 aromatic rings. The molecule has 0 aliphatic rings. The minimum Gasteiger partial charge on any atom is -0.493 e. The van der Waals surface area contributed by atoms with Gasteiger partial charge in [-0.15, -0.1) is 0 Å². The SMILES string of the molecule is COc1cc(NC(=O)c2ccc(Cc3ccccc3)cc2)ccc1OCCN(C(C)C)C(C)C. The number of carbonyl (C=O) groups is 1. The van der Waals surface area contributed by atoms with Crippen LogP contribution in [0.5, 0.6) is 11.5 Å². The first-order valence-corrected chi connectivity index (χ1v) is 11.9. The Labute approximate surface area is 203 Å². The summed E-state index contributed by atoms with van der Waals surface area (Å²) in [7, 11) is 1.60. The van der Waals surface area contributed by atoms with E-state index in [2.05, 4.69) is 50.0 Å². The second-order valence-corrected chi connectivity index (χ2v) is 8.95. The molecule has 0 heterocycles. The Bertz CT molecular complexity index is 1040. The molecule has 0 aromatic heterocycles. The summed E-state index contributed by atoms with van der Waals surface area (Å²) in [6.07, 6.45) is 0.841. The quantitative estimate of drug-likeness (QED) is 0.379. The summed E-state index contributed by atoms with van der Waals surface area (Å²) in [5, 5.41) is 2.95. The van der Waals surface area contributed by atoms with Gasteiger partial charge in [-0.3, -0.25) is 9.69 Å². The molecule has 0 aliphatic carbocycles. The number of ether oxygens (including phenoxy) is 2. The molecule has 0 aliphatic heterocycles. The van der Waals surface area contributed by atoms with Crippen molar-refractivity contribution in [3.63, 3.8) is 0 Å². The van der Waals surface area contributed by atoms with Crippen LogP contribution in [0.15, 0.2) is 72.8 Å². The van der Waals surface area contributed by atoms with Crippen LogP contribution in [0.1, 0.15) is 49.2 Å². The summed E-state index contributed by atoms with van der Waals surface area (Å²) in [5.74, 6) is 1.10. The van der Waals surface area contributed by atoms with E-state index in [1.807, 2.05) is 54.6 Å². The van der Waals surface area contributed by atoms with E-state index in [0.29, 0.717) is 41.4 Å². The van der Waals surface area contributed by atoms with Crippen LogP contribution in [0.3, 0.4) is 0 Å². The predicted octanol–water partition coefficient (Wildman–Crippen LogP) is 6.04. The Morgan fingerprint density at radius 3 is 2.12 bits per heavy atom. The lowest BCUT2D eigenvalue weighted by Gasteiger charge is -2.30. The molecular formula is C29H36N2O3. The zero-order valence-corrected chi connectivity index (χ0v) is 20.9. The van der Waals surface area contributed by atoms with E-state index >= 15 is 0 Å². The lowest BCUT2D eigenvalue weighted by molar-refractivity contribution is 0.102. The van der Waals surface area contributed by atoms with Gasteiger partial charge in [-0.1, -0.05) is 42.5 Å². The second kappa shape index (κ2) is 12.2. The molecule has 34 heavy (non-hydrogen) atoms. The summed E-state index contributed by atoms with van der Waals surface area (Å²) in [6.45, 7) is 10.2. The molecule has 0 spiro atoms. The summed E-state index contributed by atoms with van der Waals surface area (Å²) in [6, 6.07) is 24.4. The van der Waals surface area contributed by atoms with Crippen molar-refractivity contribution >= 4 is 11.6 Å². The van der Waals surface area contributed by atoms with E-state index in [0.717, 1.165) is 13.0 Å². The number of hydrogen-bond acceptors (Lipinski definition) is 4. The first-order chi connectivity index (χ1) is 16.4. The molecule has 180 valence electrons. The van der Waals surface area contributed by atoms with Gasteiger partial charge in [0.1, 0.15) is 6.61 Å². The highest BCUT2D eigenvalue weighted by Crippen LogP contribution is 2.30. The first kappa shape index (κ1) is 25.3. The van der Waals surface area contributed by atoms with E-state index in [1.54, 1.807) is 13.2 Å². The van der Waals surface area contributed by atoms with Crippen molar-refractivity contribution < 1.29 is 14.3 Å². The molecule has 5 heteroatoms. The Hall–Kier alpha value is -3.31. The summed E-state index contributed by atoms with van der Waals surface area (Å²) in [5.41, 5.74) is 3.68. The van der Waals surface area contributed by atoms with Crippen molar-refractivity contribution in [2.24, 2.45) is 0 Å². The molecule has 3 aromatic carbocycles. The molecule has 1 amide bonds. The van der Waals surface area contributed by atoms with Gasteiger partial charge in [-0.25, -0.2) is 0 Å². The maximum atomic E-state index is 12.8. The number of amides is 1. The Kier molecular flexibility index (Phi) is 9.11. The number of rotatable bonds is 11. The monoisotopic (exact) mass is 460 g/mol. The lowest BCUT2D eigenvalue weighted by atomic mass is 10.0. The van der Waals surface area contributed by atoms with Gasteiger partial charge in [0, 0.05) is 35.9 Å². The first-order valence-electron chi connectivity index (χ1n) is 11.9. The van der Waals surface area contributed by atoms with Crippen molar-refractivity contribution in [1.82, 2.24) is 4.90 Å². The predicted molar refractivity (Wildman–Crippen MR) is 139 cm³/mol. The standard InChI is InChI=1S/C29H36N2O3/c1-21(2)31(22(3)4)17-18-34-27-16-15-26(20-28(27)33-5)30-29(32)25-13-11-24(12-14-25)19-23-9-7-6-8-10-23/h6-16,20-22H,17-19H2,1-5H3,(H,30,32). The van der Waals surface area contributed by atoms with Crippen LogP contribution >= 0.6 is 0 Å². The van der Waals surface area contributed by atoms with Gasteiger partial charge in [0.15, 0.2) is 11.5 Å². The minimum absolute atomic E-state index is 0.161. The molecule has 0 fully saturated rings. The molecular weight excluding hydrogens is 424 g/mol. The molecule has 0 saturated heterocycles. The number of nitrogens with one attached hydrogen (secondary N) is 1. The number of anilines is 1. The Morgan fingerprint density at radius 2 is 1.50 bits per heavy atom. The van der Waals surface area contributed by atoms with Gasteiger partial charge in [0.25, 0.3) is 5.91 Å². The van der Waals surface area contributed by atoms with Crippen molar-refractivity contribution in [2.75, 3.05) is 25.6 Å². The van der Waals surface area contributed by atoms with Gasteiger partial charge >= 0.3 is 0 Å². The third kappa shape index (κ3) is 7.09. The van der Waals surface area contributed by atoms with Crippen molar-refractivity contribution in [2.45, 2.75) is 46.2 Å². The summed E-state index contributed by atoms with van der Waals surface area (Å²) in [4.78, 5) is 15.1. The van der Waals surface area contributed by atoms with E-state index in [1.165, 1.54) is 11.1 Å². The van der Waals surface area contributed by atoms with Gasteiger partial charge < -0.3 is 14.8 Å². The maximum absolute atomic E-state index is 12.8. The lowest BCUT2D eigenvalue weighted by Crippen LogP contribution is -2.39. The fourth-order valence-electron chi connectivity index (χ4n) is 4.05. The van der Waals surface area contributed by atoms with E-state index < -0.39 is 0 Å². The molecule has 1 N–H and O–H groups in total. The van der Waals surface area contributed by atoms with Crippen LogP contribution in [0.4, 0.5) is 5.69 Å². The van der Waals surface area contributed by atoms with Crippen LogP contribution in [0.25, 0.3) is 0 Å². The average molecular weight is 461 g/mol. The minimum atomic E-state index is -0.161. The van der Waals surface area contributed by atoms with Crippen LogP contribution in [0, 0.1) is 0 Å². The van der Waals surface area contributed by atoms with Gasteiger partial charge in [0.05, 0.1) is 7.11 Å². The Balaban J connectivity index is 1.59. The summed E-state index contributed by atoms with van der Waals surface area (Å²) >= 11 is 0. The molecule has 0 unspecified atom stereocenters. The number of benzene rings is 3. The van der Waals surface area contributed by atoms with Gasteiger partial charge in [-0.2, -0.15) is 0 Å². The fraction of sp³-hybridized carbons (Fsp3) is 0.345. The summed E-state index contributed by atoms with van der Waals surface area (Å²) < 4.78 is 11.5. The molecule has 0 bridgehead atoms. The van der Waals surface area contributed by atoms with Crippen molar-refractivity contribution in [1.29, 1.82) is 0 Å². The fourth-order valence-corrected chi connectivity index (χ4v) is 4.05. The molecule has 0 radical (unpaired) electrons. The van der Waals surface area contributed by atoms with Crippen LogP contribution in [0.2, 0.25) is 0 Å². The van der Waals surface area contributed by atoms with Crippen molar-refractivity contribution in [3.05, 3.63) is 89.5 Å². The zero-order valence-electron chi connectivity index (χ0n) is 20.9. The maximum Gasteiger partial charge on any atom is 0.255 e. The third-order valence-corrected chi connectivity index (χ3v) is 5.82. The van der Waals surface area contributed by atoms with Gasteiger partial charge in [-0.05, 0) is 69.5 Å². The number of hydrogen-bond donors (Lipinski definition) is 1. The third-order valence-electron chi connectivity index (χ3n) is 5.82. The topological polar surface area (TPSA) is 50.8 Å². The normalized spacial score (nSPS) is 11.2. The molecule has 3 rings (SSSR count). The molecule has 5 nitrogen and oxygen atoms in total. The van der Waals surface area contributed by atoms with E-state index in [-0.39, 0.29) is 5.91 Å². The van der Waals surface area contributed by atoms with Crippen LogP contribution in [-0.4, -0.2) is 43.2 Å². The number of carbonyl (C=O) groups excluding carboxylic acids is 1. The largest absolute Gasteiger partial charge is 0.493 e. The van der Waals surface area contributed by atoms with Gasteiger partial charge in [0.2, 0.25) is 0 Å². The molecule has 0 atom stereocenters.